The number of aromatic nitrogens is 3. The van der Waals surface area contributed by atoms with Crippen molar-refractivity contribution in [2.24, 2.45) is 23.7 Å². The number of cyclic esters (lactones) is 1. The number of esters is 1. The second-order valence-electron chi connectivity index (χ2n) is 18.1. The zero-order valence-corrected chi connectivity index (χ0v) is 37.3. The Balaban J connectivity index is 1.80. The Morgan fingerprint density at radius 2 is 1.59 bits per heavy atom. The zero-order chi connectivity index (χ0) is 44.4. The quantitative estimate of drug-likeness (QED) is 0.184. The Morgan fingerprint density at radius 1 is 0.949 bits per heavy atom. The van der Waals surface area contributed by atoms with Gasteiger partial charge in [-0.2, -0.15) is 0 Å². The summed E-state index contributed by atoms with van der Waals surface area (Å²) in [5.41, 5.74) is -3.65. The second kappa shape index (κ2) is 20.0. The topological polar surface area (TPSA) is 214 Å². The minimum atomic E-state index is -1.99. The molecular formula is C41H71BN4O13. The van der Waals surface area contributed by atoms with E-state index in [0.717, 1.165) is 4.59 Å². The normalized spacial score (nSPS) is 44.6. The number of hydrogen-bond acceptors (Lipinski definition) is 16. The van der Waals surface area contributed by atoms with E-state index in [1.807, 2.05) is 25.8 Å². The number of carbonyl (C=O) groups excluding carboxylic acids is 2. The van der Waals surface area contributed by atoms with Gasteiger partial charge >= 0.3 is 5.97 Å². The molecule has 0 bridgehead atoms. The van der Waals surface area contributed by atoms with Gasteiger partial charge in [-0.1, -0.05) is 32.9 Å². The minimum Gasteiger partial charge on any atom is -0.459 e. The maximum atomic E-state index is 14.3. The van der Waals surface area contributed by atoms with Crippen LogP contribution in [0.25, 0.3) is 0 Å². The summed E-state index contributed by atoms with van der Waals surface area (Å²) in [7, 11) is 10.6. The zero-order valence-electron chi connectivity index (χ0n) is 37.3. The molecule has 1 aromatic heterocycles. The molecule has 336 valence electrons. The third kappa shape index (κ3) is 10.9. The first-order valence-corrected chi connectivity index (χ1v) is 21.0. The molecule has 2 unspecified atom stereocenters. The molecule has 1 aromatic rings. The van der Waals surface area contributed by atoms with Gasteiger partial charge < -0.3 is 63.1 Å². The Kier molecular flexibility index (Phi) is 16.8. The Labute approximate surface area is 351 Å². The number of likely N-dealkylation sites (N-methyl/N-ethyl adjacent to an activating group) is 1. The lowest BCUT2D eigenvalue weighted by Gasteiger charge is -2.50. The first-order chi connectivity index (χ1) is 27.4. The average Bonchev–Trinajstić information content (AvgIpc) is 3.62. The van der Waals surface area contributed by atoms with Crippen molar-refractivity contribution >= 4 is 19.7 Å². The fraction of sp³-hybridized carbons (Fsp3) is 0.902. The van der Waals surface area contributed by atoms with Crippen molar-refractivity contribution in [2.45, 2.75) is 186 Å². The fourth-order valence-corrected chi connectivity index (χ4v) is 9.39. The number of Topliss-reactive ketones (excluding diaryl/α,β-unsaturated/α-hetero) is 1. The molecule has 3 aliphatic heterocycles. The number of aliphatic hydroxyl groups is 4. The molecule has 18 atom stereocenters. The average molecular weight is 839 g/mol. The summed E-state index contributed by atoms with van der Waals surface area (Å²) in [6.07, 6.45) is -7.22. The van der Waals surface area contributed by atoms with Crippen LogP contribution in [0.3, 0.4) is 0 Å². The molecule has 4 N–H and O–H groups in total. The van der Waals surface area contributed by atoms with Crippen LogP contribution in [0.5, 0.6) is 0 Å². The number of ketones is 1. The van der Waals surface area contributed by atoms with Gasteiger partial charge in [-0.3, -0.25) is 9.59 Å². The number of methoxy groups -OCH3 is 2. The molecule has 18 heteroatoms. The van der Waals surface area contributed by atoms with Gasteiger partial charge in [0.25, 0.3) is 7.98 Å². The highest BCUT2D eigenvalue weighted by atomic mass is 16.7. The molecule has 3 aliphatic rings. The maximum absolute atomic E-state index is 14.3. The van der Waals surface area contributed by atoms with Crippen molar-refractivity contribution in [1.82, 2.24) is 19.8 Å². The lowest BCUT2D eigenvalue weighted by Crippen LogP contribution is -2.61. The van der Waals surface area contributed by atoms with Gasteiger partial charge in [0.2, 0.25) is 0 Å². The molecule has 4 heterocycles. The van der Waals surface area contributed by atoms with E-state index in [4.69, 9.17) is 41.1 Å². The number of rotatable bonds is 11. The van der Waals surface area contributed by atoms with E-state index in [-0.39, 0.29) is 31.1 Å². The van der Waals surface area contributed by atoms with Gasteiger partial charge in [0.1, 0.15) is 29.7 Å². The van der Waals surface area contributed by atoms with Crippen LogP contribution in [0.1, 0.15) is 101 Å². The summed E-state index contributed by atoms with van der Waals surface area (Å²) in [5.74, 6) is -4.66. The summed E-state index contributed by atoms with van der Waals surface area (Å²) in [6.45, 7) is 17.5. The number of hydrogen-bond donors (Lipinski definition) is 4. The van der Waals surface area contributed by atoms with E-state index in [9.17, 15) is 30.0 Å². The highest BCUT2D eigenvalue weighted by Gasteiger charge is 2.54. The monoisotopic (exact) mass is 839 g/mol. The lowest BCUT2D eigenvalue weighted by atomic mass is 9.74. The van der Waals surface area contributed by atoms with Crippen molar-refractivity contribution in [3.8, 4) is 0 Å². The van der Waals surface area contributed by atoms with Gasteiger partial charge in [-0.15, -0.1) is 5.10 Å². The molecule has 17 nitrogen and oxygen atoms in total. The van der Waals surface area contributed by atoms with Crippen LogP contribution >= 0.6 is 0 Å². The first-order valence-electron chi connectivity index (χ1n) is 21.0. The molecule has 0 amide bonds. The highest BCUT2D eigenvalue weighted by Crippen LogP contribution is 2.42. The number of carbonyl (C=O) groups is 2. The van der Waals surface area contributed by atoms with Crippen LogP contribution in [0.15, 0.2) is 6.20 Å². The van der Waals surface area contributed by atoms with Gasteiger partial charge in [-0.25, -0.2) is 0 Å². The second-order valence-corrected chi connectivity index (χ2v) is 18.1. The standard InChI is InChI=1S/C41H71BN4O13/c1-14-29-41(10,52)34(49)23(4)31(47)21(2)18-40(9,54-13)36(59-38-32(48)28(17-22(3)55-38)45(11)16-15-27-20-46(42)44-43-27)24(5)33(25(6)37(51)57-29)58-30-19-39(8,53-12)35(50)26(7)56-30/h20-26,28-30,32-36,38,48-50,52H,14-19H2,1-13H3/t21-,22?,23-,24+,25-,26-,28+,29-,30+,32-,33+,34?,35+,36-,38-,39-,40-,41-/m1/s1. The van der Waals surface area contributed by atoms with Gasteiger partial charge in [0.05, 0.1) is 53.3 Å². The molecule has 0 aromatic carbocycles. The largest absolute Gasteiger partial charge is 0.459 e. The molecule has 0 aliphatic carbocycles. The van der Waals surface area contributed by atoms with E-state index < -0.39 is 108 Å². The highest BCUT2D eigenvalue weighted by molar-refractivity contribution is 6.05. The molecule has 3 saturated heterocycles. The number of ether oxygens (including phenoxy) is 7. The Morgan fingerprint density at radius 3 is 2.17 bits per heavy atom. The predicted octanol–water partition coefficient (Wildman–Crippen LogP) is 1.58. The number of nitrogens with zero attached hydrogens (tertiary/aromatic N) is 4. The molecule has 0 saturated carbocycles. The molecule has 59 heavy (non-hydrogen) atoms. The van der Waals surface area contributed by atoms with Crippen molar-refractivity contribution in [3.05, 3.63) is 11.9 Å². The van der Waals surface area contributed by atoms with E-state index in [2.05, 4.69) is 10.3 Å². The van der Waals surface area contributed by atoms with Crippen molar-refractivity contribution in [1.29, 1.82) is 0 Å². The maximum Gasteiger partial charge on any atom is 0.311 e. The van der Waals surface area contributed by atoms with Crippen molar-refractivity contribution in [3.63, 3.8) is 0 Å². The van der Waals surface area contributed by atoms with Crippen LogP contribution in [-0.4, -0.2) is 172 Å². The molecule has 0 spiro atoms. The predicted molar refractivity (Wildman–Crippen MR) is 215 cm³/mol. The van der Waals surface area contributed by atoms with E-state index in [1.165, 1.54) is 21.1 Å². The summed E-state index contributed by atoms with van der Waals surface area (Å²) in [4.78, 5) is 30.5. The smallest absolute Gasteiger partial charge is 0.311 e. The van der Waals surface area contributed by atoms with Crippen LogP contribution in [0, 0.1) is 23.7 Å². The van der Waals surface area contributed by atoms with Gasteiger partial charge in [-0.05, 0) is 67.9 Å². The Bertz CT molecular complexity index is 1540. The SMILES string of the molecule is [B]n1cc(CCN(C)[C@H]2CC(C)O[C@H](O[C@@H]3[C@@H](C)[C@H](O[C@H]4C[C@@](C)(OC)[C@@H](O)[C@@H](C)O4)[C@@H](C)C(=O)O[C@H](CC)[C@@](C)(O)C(O)[C@H](C)C(=O)[C@H](C)C[C@@]3(C)OC)[C@@H]2O)nn1. The van der Waals surface area contributed by atoms with Gasteiger partial charge in [0.15, 0.2) is 12.6 Å². The summed E-state index contributed by atoms with van der Waals surface area (Å²) < 4.78 is 45.5. The summed E-state index contributed by atoms with van der Waals surface area (Å²) in [6, 6.07) is -0.405. The molecule has 4 rings (SSSR count). The number of aliphatic hydroxyl groups excluding tert-OH is 3. The minimum absolute atomic E-state index is 0.0771. The molecule has 3 fully saturated rings. The van der Waals surface area contributed by atoms with Crippen molar-refractivity contribution < 1.29 is 63.2 Å². The van der Waals surface area contributed by atoms with Gasteiger partial charge in [0, 0.05) is 63.6 Å². The van der Waals surface area contributed by atoms with Crippen LogP contribution in [0.2, 0.25) is 0 Å². The molecule has 2 radical (unpaired) electrons. The Hall–Kier alpha value is -2.10. The lowest BCUT2D eigenvalue weighted by molar-refractivity contribution is -0.319. The first kappa shape index (κ1) is 49.6. The third-order valence-electron chi connectivity index (χ3n) is 13.5. The van der Waals surface area contributed by atoms with E-state index in [1.54, 1.807) is 54.7 Å². The van der Waals surface area contributed by atoms with E-state index in [0.29, 0.717) is 25.1 Å². The van der Waals surface area contributed by atoms with Crippen LogP contribution < -0.4 is 0 Å². The third-order valence-corrected chi connectivity index (χ3v) is 13.5. The summed E-state index contributed by atoms with van der Waals surface area (Å²) in [5, 5.41) is 54.1. The molecular weight excluding hydrogens is 767 g/mol. The fourth-order valence-electron chi connectivity index (χ4n) is 9.39. The van der Waals surface area contributed by atoms with Crippen molar-refractivity contribution in [2.75, 3.05) is 27.8 Å². The van der Waals surface area contributed by atoms with Crippen LogP contribution in [-0.2, 0) is 49.2 Å². The summed E-state index contributed by atoms with van der Waals surface area (Å²) >= 11 is 0. The van der Waals surface area contributed by atoms with E-state index >= 15 is 0 Å². The van der Waals surface area contributed by atoms with Crippen LogP contribution in [0.4, 0.5) is 0 Å².